The van der Waals surface area contributed by atoms with Gasteiger partial charge in [0.2, 0.25) is 15.9 Å². The molecule has 1 aliphatic rings. The molecule has 1 amide bonds. The molecule has 2 rings (SSSR count). The van der Waals surface area contributed by atoms with Crippen LogP contribution in [-0.2, 0) is 30.9 Å². The summed E-state index contributed by atoms with van der Waals surface area (Å²) in [5.41, 5.74) is -0.740. The van der Waals surface area contributed by atoms with Gasteiger partial charge in [-0.05, 0) is 50.8 Å². The standard InChI is InChI=1S/C19H24F2N2O5S.C2H6.2H2/c1-11(2)28-19(25)14-6-4-5-7-17(14)29(26,27)23-18-15(20)8-13(9-16(18)21)10-22-12(3)24;1-2;;/h6,8-9,11,17,23H,4-5,7,10H2,1-3H3,(H,22,24);1-2H3;2*1H. The van der Waals surface area contributed by atoms with Gasteiger partial charge in [-0.15, -0.1) is 0 Å². The predicted molar refractivity (Wildman–Crippen MR) is 119 cm³/mol. The summed E-state index contributed by atoms with van der Waals surface area (Å²) in [5, 5.41) is 1.12. The highest BCUT2D eigenvalue weighted by Crippen LogP contribution is 2.29. The van der Waals surface area contributed by atoms with E-state index >= 15 is 0 Å². The van der Waals surface area contributed by atoms with Gasteiger partial charge in [-0.2, -0.15) is 0 Å². The van der Waals surface area contributed by atoms with Crippen LogP contribution in [0.3, 0.4) is 0 Å². The van der Waals surface area contributed by atoms with Crippen LogP contribution in [0.5, 0.6) is 0 Å². The molecule has 2 N–H and O–H groups in total. The molecule has 1 aromatic rings. The Morgan fingerprint density at radius 1 is 1.23 bits per heavy atom. The highest BCUT2D eigenvalue weighted by molar-refractivity contribution is 7.93. The summed E-state index contributed by atoms with van der Waals surface area (Å²) < 4.78 is 61.4. The van der Waals surface area contributed by atoms with Gasteiger partial charge in [0.15, 0.2) is 11.6 Å². The van der Waals surface area contributed by atoms with E-state index in [4.69, 9.17) is 4.74 Å². The van der Waals surface area contributed by atoms with Gasteiger partial charge >= 0.3 is 5.97 Å². The molecule has 0 aliphatic heterocycles. The van der Waals surface area contributed by atoms with Crippen molar-refractivity contribution in [1.82, 2.24) is 5.32 Å². The Hall–Kier alpha value is -2.49. The number of hydrogen-bond donors (Lipinski definition) is 2. The number of nitrogens with one attached hydrogen (secondary N) is 2. The Labute approximate surface area is 185 Å². The molecule has 0 radical (unpaired) electrons. The number of amides is 1. The number of carbonyl (C=O) groups is 2. The Morgan fingerprint density at radius 2 is 1.81 bits per heavy atom. The highest BCUT2D eigenvalue weighted by Gasteiger charge is 2.36. The molecule has 0 spiro atoms. The highest BCUT2D eigenvalue weighted by atomic mass is 32.2. The quantitative estimate of drug-likeness (QED) is 0.586. The summed E-state index contributed by atoms with van der Waals surface area (Å²) in [6, 6.07) is 1.86. The molecule has 178 valence electrons. The molecule has 1 aliphatic carbocycles. The Balaban J connectivity index is 0. The van der Waals surface area contributed by atoms with Crippen molar-refractivity contribution in [3.63, 3.8) is 0 Å². The minimum atomic E-state index is -4.32. The average Bonchev–Trinajstić information content (AvgIpc) is 2.70. The summed E-state index contributed by atoms with van der Waals surface area (Å²) >= 11 is 0. The van der Waals surface area contributed by atoms with Gasteiger partial charge in [-0.3, -0.25) is 9.52 Å². The van der Waals surface area contributed by atoms with E-state index in [0.29, 0.717) is 12.8 Å². The fourth-order valence-corrected chi connectivity index (χ4v) is 4.56. The fourth-order valence-electron chi connectivity index (χ4n) is 2.93. The zero-order valence-electron chi connectivity index (χ0n) is 18.4. The largest absolute Gasteiger partial charge is 0.460 e. The van der Waals surface area contributed by atoms with Crippen molar-refractivity contribution < 1.29 is 34.4 Å². The van der Waals surface area contributed by atoms with Crippen molar-refractivity contribution in [3.8, 4) is 0 Å². The third-order valence-electron chi connectivity index (χ3n) is 4.22. The molecular formula is C21H34F2N2O5S. The lowest BCUT2D eigenvalue weighted by atomic mass is 9.99. The van der Waals surface area contributed by atoms with E-state index in [2.05, 4.69) is 5.32 Å². The Bertz CT molecular complexity index is 918. The lowest BCUT2D eigenvalue weighted by Crippen LogP contribution is -2.35. The number of halogens is 2. The van der Waals surface area contributed by atoms with Gasteiger partial charge in [0.05, 0.1) is 11.7 Å². The van der Waals surface area contributed by atoms with Crippen molar-refractivity contribution in [3.05, 3.63) is 41.0 Å². The SMILES string of the molecule is CC.CC(=O)NCc1cc(F)c(NS(=O)(=O)C2CCCC=C2C(=O)OC(C)C)c(F)c1.[HH].[HH]. The molecule has 0 heterocycles. The van der Waals surface area contributed by atoms with Gasteiger partial charge in [-0.1, -0.05) is 19.9 Å². The maximum absolute atomic E-state index is 14.4. The second-order valence-corrected chi connectivity index (χ2v) is 8.89. The molecule has 1 atom stereocenters. The monoisotopic (exact) mass is 464 g/mol. The number of allylic oxidation sites excluding steroid dienone is 1. The zero-order valence-corrected chi connectivity index (χ0v) is 19.2. The third-order valence-corrected chi connectivity index (χ3v) is 5.95. The maximum Gasteiger partial charge on any atom is 0.335 e. The van der Waals surface area contributed by atoms with Gasteiger partial charge in [-0.25, -0.2) is 22.0 Å². The number of esters is 1. The smallest absolute Gasteiger partial charge is 0.335 e. The van der Waals surface area contributed by atoms with E-state index in [1.807, 2.05) is 18.6 Å². The van der Waals surface area contributed by atoms with Crippen LogP contribution in [0, 0.1) is 11.6 Å². The van der Waals surface area contributed by atoms with Crippen LogP contribution in [0.15, 0.2) is 23.8 Å². The second-order valence-electron chi connectivity index (χ2n) is 7.02. The summed E-state index contributed by atoms with van der Waals surface area (Å²) in [4.78, 5) is 23.2. The number of anilines is 1. The average molecular weight is 465 g/mol. The van der Waals surface area contributed by atoms with Crippen LogP contribution in [0.4, 0.5) is 14.5 Å². The first-order valence-electron chi connectivity index (χ1n) is 10.2. The number of hydrogen-bond acceptors (Lipinski definition) is 5. The van der Waals surface area contributed by atoms with Crippen LogP contribution in [0.1, 0.15) is 62.3 Å². The van der Waals surface area contributed by atoms with E-state index in [0.717, 1.165) is 12.1 Å². The van der Waals surface area contributed by atoms with E-state index in [9.17, 15) is 26.8 Å². The topological polar surface area (TPSA) is 102 Å². The van der Waals surface area contributed by atoms with Gasteiger partial charge < -0.3 is 10.1 Å². The minimum Gasteiger partial charge on any atom is -0.460 e. The van der Waals surface area contributed by atoms with Crippen molar-refractivity contribution in [2.24, 2.45) is 0 Å². The first kappa shape index (κ1) is 26.5. The Kier molecular flexibility index (Phi) is 10.1. The van der Waals surface area contributed by atoms with E-state index in [1.165, 1.54) is 13.0 Å². The number of rotatable bonds is 7. The van der Waals surface area contributed by atoms with E-state index in [1.54, 1.807) is 13.8 Å². The van der Waals surface area contributed by atoms with Crippen LogP contribution in [-0.4, -0.2) is 31.6 Å². The Morgan fingerprint density at radius 3 is 2.32 bits per heavy atom. The molecule has 0 saturated heterocycles. The molecular weight excluding hydrogens is 430 g/mol. The first-order chi connectivity index (χ1) is 14.5. The summed E-state index contributed by atoms with van der Waals surface area (Å²) in [5.74, 6) is -3.39. The number of benzene rings is 1. The van der Waals surface area contributed by atoms with Crippen molar-refractivity contribution in [2.45, 2.75) is 71.8 Å². The molecule has 1 unspecified atom stereocenters. The van der Waals surface area contributed by atoms with Crippen molar-refractivity contribution >= 4 is 27.6 Å². The van der Waals surface area contributed by atoms with Crippen LogP contribution in [0.2, 0.25) is 0 Å². The first-order valence-corrected chi connectivity index (χ1v) is 11.7. The number of ether oxygens (including phenoxy) is 1. The molecule has 0 saturated carbocycles. The lowest BCUT2D eigenvalue weighted by Gasteiger charge is -2.24. The molecule has 31 heavy (non-hydrogen) atoms. The van der Waals surface area contributed by atoms with Gasteiger partial charge in [0.25, 0.3) is 0 Å². The molecule has 1 aromatic carbocycles. The van der Waals surface area contributed by atoms with Crippen LogP contribution >= 0.6 is 0 Å². The van der Waals surface area contributed by atoms with Crippen molar-refractivity contribution in [1.29, 1.82) is 0 Å². The molecule has 7 nitrogen and oxygen atoms in total. The van der Waals surface area contributed by atoms with Gasteiger partial charge in [0.1, 0.15) is 10.9 Å². The van der Waals surface area contributed by atoms with Crippen LogP contribution < -0.4 is 10.0 Å². The lowest BCUT2D eigenvalue weighted by molar-refractivity contribution is -0.142. The maximum atomic E-state index is 14.4. The normalized spacial score (nSPS) is 16.0. The zero-order chi connectivity index (χ0) is 23.8. The van der Waals surface area contributed by atoms with Gasteiger partial charge in [0, 0.05) is 16.3 Å². The van der Waals surface area contributed by atoms with Crippen LogP contribution in [0.25, 0.3) is 0 Å². The molecule has 10 heteroatoms. The summed E-state index contributed by atoms with van der Waals surface area (Å²) in [6.07, 6.45) is 2.19. The molecule has 0 bridgehead atoms. The number of carbonyl (C=O) groups excluding carboxylic acids is 2. The predicted octanol–water partition coefficient (Wildman–Crippen LogP) is 4.29. The van der Waals surface area contributed by atoms with Crippen molar-refractivity contribution in [2.75, 3.05) is 4.72 Å². The number of sulfonamides is 1. The fraction of sp³-hybridized carbons (Fsp3) is 0.524. The second kappa shape index (κ2) is 11.8. The van der Waals surface area contributed by atoms with E-state index < -0.39 is 44.7 Å². The summed E-state index contributed by atoms with van der Waals surface area (Å²) in [6.45, 7) is 8.42. The molecule has 0 aromatic heterocycles. The summed E-state index contributed by atoms with van der Waals surface area (Å²) in [7, 11) is -4.32. The molecule has 0 fully saturated rings. The minimum absolute atomic E-state index is 0. The van der Waals surface area contributed by atoms with E-state index in [-0.39, 0.29) is 32.9 Å². The third kappa shape index (κ3) is 7.61.